The summed E-state index contributed by atoms with van der Waals surface area (Å²) in [7, 11) is -5.41. The Morgan fingerprint density at radius 3 is 1.05 bits per heavy atom. The lowest BCUT2D eigenvalue weighted by molar-refractivity contribution is -0.362. The van der Waals surface area contributed by atoms with Crippen molar-refractivity contribution in [2.45, 2.75) is 307 Å². The van der Waals surface area contributed by atoms with Crippen LogP contribution in [0.25, 0.3) is 10.4 Å². The zero-order valence-electron chi connectivity index (χ0n) is 77.6. The van der Waals surface area contributed by atoms with Crippen molar-refractivity contribution in [3.63, 3.8) is 0 Å². The molecule has 0 spiro atoms. The van der Waals surface area contributed by atoms with Crippen molar-refractivity contribution in [2.75, 3.05) is 26.4 Å². The third-order valence-corrected chi connectivity index (χ3v) is 25.1. The van der Waals surface area contributed by atoms with Gasteiger partial charge in [0.1, 0.15) is 74.3 Å². The Bertz CT molecular complexity index is 4700. The van der Waals surface area contributed by atoms with Crippen LogP contribution in [0.2, 0.25) is 0 Å². The Morgan fingerprint density at radius 1 is 0.338 bits per heavy atom. The zero-order valence-corrected chi connectivity index (χ0v) is 78.5. The van der Waals surface area contributed by atoms with Crippen molar-refractivity contribution >= 4 is 25.7 Å². The van der Waals surface area contributed by atoms with Gasteiger partial charge in [0.25, 0.3) is 0 Å². The number of unbranched alkanes of at least 4 members (excludes halogenated alkanes) is 20. The molecule has 2 fully saturated rings. The Morgan fingerprint density at radius 2 is 0.662 bits per heavy atom. The number of phosphoric acid groups is 1. The fraction of sp³-hybridized carbons (Fsp3) is 0.477. The molecule has 24 heteroatoms. The van der Waals surface area contributed by atoms with Gasteiger partial charge in [-0.25, -0.2) is 4.57 Å². The molecule has 0 bridgehead atoms. The van der Waals surface area contributed by atoms with Gasteiger partial charge in [0.15, 0.2) is 18.4 Å². The molecule has 133 heavy (non-hydrogen) atoms. The average Bonchev–Trinajstić information content (AvgIpc) is 0.745. The molecule has 11 rings (SSSR count). The van der Waals surface area contributed by atoms with Gasteiger partial charge in [-0.05, 0) is 68.4 Å². The summed E-state index contributed by atoms with van der Waals surface area (Å²) in [5, 5.41) is 4.04. The van der Waals surface area contributed by atoms with E-state index in [1.165, 1.54) is 70.6 Å². The number of esters is 3. The lowest BCUT2D eigenvalue weighted by atomic mass is 9.83. The first-order chi connectivity index (χ1) is 65.5. The zero-order chi connectivity index (χ0) is 92.6. The van der Waals surface area contributed by atoms with E-state index >= 15 is 4.57 Å². The second-order valence-corrected chi connectivity index (χ2v) is 35.9. The van der Waals surface area contributed by atoms with Crippen LogP contribution in [0.3, 0.4) is 0 Å². The molecule has 0 aromatic heterocycles. The van der Waals surface area contributed by atoms with E-state index in [2.05, 4.69) is 23.9 Å². The SMILES string of the molecule is CCCCCCCCCCCCCC(=O)OC[C@H](COP(=O)(OCc1ccccc1)O[C@@H]1[C@@H](OC[C@H](N=[N+]=[N-])C(=O)OCc2ccccc2)[C@H](OCc2ccccc2)[C@@H](OCc2ccccc2)[C@H](OCc2ccccc2)[C@@H]1O[C@H]1O[C@H](COCc2ccccc2)[C@@H](OCc2ccccc2)[C@H](OCc2ccccc2)[C@@H]1OCc1ccccc1)OC(=O)CCCCCCCCCCCCC. The molecule has 23 nitrogen and oxygen atoms in total. The van der Waals surface area contributed by atoms with E-state index in [1.807, 2.05) is 237 Å². The lowest BCUT2D eigenvalue weighted by Gasteiger charge is -2.52. The highest BCUT2D eigenvalue weighted by Gasteiger charge is 2.60. The second kappa shape index (κ2) is 61.4. The number of hydrogen-bond acceptors (Lipinski definition) is 21. The van der Waals surface area contributed by atoms with Gasteiger partial charge in [-0.2, -0.15) is 0 Å². The van der Waals surface area contributed by atoms with Crippen LogP contribution in [0, 0.1) is 0 Å². The maximum atomic E-state index is 17.5. The van der Waals surface area contributed by atoms with Crippen LogP contribution in [0.5, 0.6) is 0 Å². The summed E-state index contributed by atoms with van der Waals surface area (Å²) in [5.74, 6) is -2.05. The molecule has 1 unspecified atom stereocenters. The van der Waals surface area contributed by atoms with E-state index in [0.29, 0.717) is 29.5 Å². The first-order valence-corrected chi connectivity index (χ1v) is 49.6. The third kappa shape index (κ3) is 38.2. The number of carbonyl (C=O) groups excluding carboxylic acids is 3. The van der Waals surface area contributed by atoms with Crippen molar-refractivity contribution in [1.82, 2.24) is 0 Å². The molecule has 1 aliphatic carbocycles. The molecule has 0 radical (unpaired) electrons. The summed E-state index contributed by atoms with van der Waals surface area (Å²) in [6.45, 7) is 1.73. The minimum absolute atomic E-state index is 0.0275. The molecule has 1 heterocycles. The Balaban J connectivity index is 1.06. The van der Waals surface area contributed by atoms with Crippen LogP contribution >= 0.6 is 7.82 Å². The van der Waals surface area contributed by atoms with Crippen LogP contribution < -0.4 is 0 Å². The smallest absolute Gasteiger partial charge is 0.462 e. The van der Waals surface area contributed by atoms with Crippen molar-refractivity contribution in [1.29, 1.82) is 0 Å². The molecule has 2 aliphatic rings. The van der Waals surface area contributed by atoms with Gasteiger partial charge in [-0.1, -0.05) is 420 Å². The van der Waals surface area contributed by atoms with E-state index in [4.69, 9.17) is 75.2 Å². The van der Waals surface area contributed by atoms with Gasteiger partial charge >= 0.3 is 25.7 Å². The summed E-state index contributed by atoms with van der Waals surface area (Å²) in [4.78, 5) is 46.6. The number of hydrogen-bond donors (Lipinski definition) is 0. The van der Waals surface area contributed by atoms with E-state index < -0.39 is 132 Å². The molecule has 1 saturated heterocycles. The van der Waals surface area contributed by atoms with Crippen LogP contribution in [0.15, 0.2) is 278 Å². The molecule has 0 N–H and O–H groups in total. The van der Waals surface area contributed by atoms with E-state index in [9.17, 15) is 19.9 Å². The second-order valence-electron chi connectivity index (χ2n) is 34.3. The first kappa shape index (κ1) is 104. The molecular formula is C109H138N3O20P. The third-order valence-electron chi connectivity index (χ3n) is 23.7. The summed E-state index contributed by atoms with van der Waals surface area (Å²) < 4.78 is 131. The highest BCUT2D eigenvalue weighted by molar-refractivity contribution is 7.48. The van der Waals surface area contributed by atoms with Crippen LogP contribution in [0.4, 0.5) is 0 Å². The van der Waals surface area contributed by atoms with Gasteiger partial charge in [0, 0.05) is 17.8 Å². The van der Waals surface area contributed by atoms with Gasteiger partial charge < -0.3 is 61.6 Å². The molecule has 1 aliphatic heterocycles. The predicted octanol–water partition coefficient (Wildman–Crippen LogP) is 24.2. The minimum Gasteiger partial charge on any atom is -0.462 e. The van der Waals surface area contributed by atoms with Crippen molar-refractivity contribution in [2.24, 2.45) is 5.11 Å². The topological polar surface area (TPSA) is 265 Å². The number of carbonyl (C=O) groups is 3. The van der Waals surface area contributed by atoms with Gasteiger partial charge in [-0.3, -0.25) is 28.0 Å². The monoisotopic (exact) mass is 1840 g/mol. The standard InChI is InChI=1S/C109H138N3O20P/c1-3-5-7-9-11-13-15-17-19-21-50-70-97(113)118-81-94(129-98(114)71-51-22-20-18-16-14-12-10-8-6-4-2)82-128-133(116,127-80-93-68-48-31-49-69-93)132-106-104(125-83-95(111-112-110)108(115)126-79-92-66-46-30-47-67-92)102(122-76-89-60-40-27-41-61-89)101(121-75-88-58-38-26-39-59-88)103(123-77-90-62-42-28-43-63-90)105(106)131-109-107(124-78-91-64-44-29-45-65-91)100(120-74-87-56-36-25-37-57-87)99(119-73-86-54-34-24-35-55-86)96(130-109)84-117-72-85-52-32-23-33-53-85/h23-49,52-69,94-96,99-107,109H,3-22,50-51,70-84H2,1-2H3/t94-,95+,96-,99-,100+,101-,102-,103+,104+,105+,106-,107+,109-,133?/m1/s1. The number of rotatable bonds is 66. The molecule has 1 saturated carbocycles. The summed E-state index contributed by atoms with van der Waals surface area (Å²) in [6, 6.07) is 83.6. The van der Waals surface area contributed by atoms with Crippen LogP contribution in [-0.2, 0) is 154 Å². The van der Waals surface area contributed by atoms with Gasteiger partial charge in [-0.15, -0.1) is 0 Å². The number of benzene rings is 9. The van der Waals surface area contributed by atoms with Gasteiger partial charge in [0.05, 0.1) is 72.7 Å². The molecule has 9 aromatic carbocycles. The maximum absolute atomic E-state index is 17.5. The van der Waals surface area contributed by atoms with E-state index in [0.717, 1.165) is 91.2 Å². The van der Waals surface area contributed by atoms with Gasteiger partial charge in [0.2, 0.25) is 0 Å². The fourth-order valence-electron chi connectivity index (χ4n) is 16.3. The number of ether oxygens (including phenoxy) is 13. The average molecular weight is 1840 g/mol. The molecule has 14 atom stereocenters. The lowest BCUT2D eigenvalue weighted by Crippen LogP contribution is -2.69. The number of azide groups is 1. The Hall–Kier alpha value is -9.59. The minimum atomic E-state index is -5.41. The molecule has 714 valence electrons. The number of phosphoric ester groups is 1. The first-order valence-electron chi connectivity index (χ1n) is 48.2. The fourth-order valence-corrected chi connectivity index (χ4v) is 17.7. The van der Waals surface area contributed by atoms with Crippen molar-refractivity contribution in [3.05, 3.63) is 334 Å². The molecule has 0 amide bonds. The maximum Gasteiger partial charge on any atom is 0.475 e. The van der Waals surface area contributed by atoms with Crippen molar-refractivity contribution in [3.8, 4) is 0 Å². The van der Waals surface area contributed by atoms with Crippen LogP contribution in [-0.4, -0.2) is 124 Å². The predicted molar refractivity (Wildman–Crippen MR) is 511 cm³/mol. The Labute approximate surface area is 787 Å². The van der Waals surface area contributed by atoms with E-state index in [-0.39, 0.29) is 72.3 Å². The normalized spacial score (nSPS) is 19.8. The summed E-state index contributed by atoms with van der Waals surface area (Å²) in [6.07, 6.45) is 6.81. The molecule has 9 aromatic rings. The highest BCUT2D eigenvalue weighted by Crippen LogP contribution is 2.55. The summed E-state index contributed by atoms with van der Waals surface area (Å²) >= 11 is 0. The summed E-state index contributed by atoms with van der Waals surface area (Å²) in [5.41, 5.74) is 17.3. The van der Waals surface area contributed by atoms with Crippen LogP contribution in [0.1, 0.15) is 218 Å². The van der Waals surface area contributed by atoms with Crippen molar-refractivity contribution < 1.29 is 94.1 Å². The van der Waals surface area contributed by atoms with E-state index in [1.54, 1.807) is 36.4 Å². The molecular weight excluding hydrogens is 1700 g/mol. The highest BCUT2D eigenvalue weighted by atomic mass is 31.2. The Kier molecular flexibility index (Phi) is 48.0. The quantitative estimate of drug-likeness (QED) is 0.00652. The number of nitrogens with zero attached hydrogens (tertiary/aromatic N) is 3. The largest absolute Gasteiger partial charge is 0.475 e.